The summed E-state index contributed by atoms with van der Waals surface area (Å²) in [6, 6.07) is 2.45. The van der Waals surface area contributed by atoms with Gasteiger partial charge in [-0.25, -0.2) is 0 Å². The van der Waals surface area contributed by atoms with E-state index < -0.39 is 0 Å². The van der Waals surface area contributed by atoms with E-state index in [1.165, 1.54) is 11.3 Å². The molecule has 1 heterocycles. The van der Waals surface area contributed by atoms with Crippen molar-refractivity contribution >= 4 is 22.0 Å². The second-order valence-electron chi connectivity index (χ2n) is 5.58. The molecule has 4 nitrogen and oxygen atoms in total. The number of thiophene rings is 1. The topological polar surface area (TPSA) is 71.1 Å². The summed E-state index contributed by atoms with van der Waals surface area (Å²) in [4.78, 5) is 0.513. The van der Waals surface area contributed by atoms with E-state index in [0.717, 1.165) is 17.8 Å². The molecular weight excluding hydrogens is 270 g/mol. The molecule has 0 fully saturated rings. The van der Waals surface area contributed by atoms with Crippen LogP contribution >= 0.6 is 11.3 Å². The molecule has 0 aliphatic carbocycles. The third-order valence-electron chi connectivity index (χ3n) is 3.19. The minimum absolute atomic E-state index is 0.0314. The van der Waals surface area contributed by atoms with Gasteiger partial charge in [-0.15, -0.1) is 11.3 Å². The van der Waals surface area contributed by atoms with Crippen LogP contribution in [0, 0.1) is 17.2 Å². The van der Waals surface area contributed by atoms with Crippen molar-refractivity contribution in [3.8, 4) is 11.8 Å². The molecule has 1 aromatic rings. The van der Waals surface area contributed by atoms with Crippen LogP contribution in [0.2, 0.25) is 0 Å². The second kappa shape index (κ2) is 7.39. The van der Waals surface area contributed by atoms with Gasteiger partial charge in [-0.05, 0) is 33.1 Å². The Hall–Kier alpha value is -1.41. The number of nitrogens with one attached hydrogen (secondary N) is 1. The second-order valence-corrected chi connectivity index (χ2v) is 6.60. The van der Waals surface area contributed by atoms with Gasteiger partial charge in [-0.1, -0.05) is 20.3 Å². The summed E-state index contributed by atoms with van der Waals surface area (Å²) in [5, 5.41) is 13.4. The molecule has 0 bridgehead atoms. The van der Waals surface area contributed by atoms with Gasteiger partial charge in [0.2, 0.25) is 0 Å². The minimum Gasteiger partial charge on any atom is -0.486 e. The highest BCUT2D eigenvalue weighted by Crippen LogP contribution is 2.43. The molecule has 0 aliphatic rings. The summed E-state index contributed by atoms with van der Waals surface area (Å²) < 4.78 is 5.76. The Labute approximate surface area is 125 Å². The van der Waals surface area contributed by atoms with Crippen molar-refractivity contribution in [1.82, 2.24) is 0 Å². The van der Waals surface area contributed by atoms with E-state index in [0.29, 0.717) is 28.3 Å². The van der Waals surface area contributed by atoms with Crippen LogP contribution in [0.3, 0.4) is 0 Å². The summed E-state index contributed by atoms with van der Waals surface area (Å²) in [6.07, 6.45) is 2.28. The quantitative estimate of drug-likeness (QED) is 0.790. The average Bonchev–Trinajstić information content (AvgIpc) is 2.66. The lowest BCUT2D eigenvalue weighted by Crippen LogP contribution is -2.18. The maximum Gasteiger partial charge on any atom is 0.178 e. The fourth-order valence-electron chi connectivity index (χ4n) is 2.01. The number of hydrogen-bond acceptors (Lipinski definition) is 5. The number of hydrogen-bond donors (Lipinski definition) is 2. The van der Waals surface area contributed by atoms with Crippen molar-refractivity contribution in [1.29, 1.82) is 5.26 Å². The summed E-state index contributed by atoms with van der Waals surface area (Å²) in [6.45, 7) is 10.5. The molecule has 3 N–H and O–H groups in total. The first-order chi connectivity index (χ1) is 9.38. The third kappa shape index (κ3) is 4.31. The molecule has 20 heavy (non-hydrogen) atoms. The van der Waals surface area contributed by atoms with Crippen LogP contribution < -0.4 is 15.8 Å². The minimum atomic E-state index is 0.0314. The largest absolute Gasteiger partial charge is 0.486 e. The van der Waals surface area contributed by atoms with Gasteiger partial charge in [0, 0.05) is 6.04 Å². The lowest BCUT2D eigenvalue weighted by Gasteiger charge is -2.19. The van der Waals surface area contributed by atoms with Gasteiger partial charge in [0.05, 0.1) is 6.10 Å². The van der Waals surface area contributed by atoms with Gasteiger partial charge in [0.25, 0.3) is 0 Å². The highest BCUT2D eigenvalue weighted by molar-refractivity contribution is 7.17. The van der Waals surface area contributed by atoms with Crippen LogP contribution in [-0.2, 0) is 0 Å². The first-order valence-electron chi connectivity index (χ1n) is 7.14. The molecule has 0 amide bonds. The van der Waals surface area contributed by atoms with Crippen molar-refractivity contribution in [3.05, 3.63) is 4.88 Å². The number of anilines is 2. The predicted molar refractivity (Wildman–Crippen MR) is 86.4 cm³/mol. The molecule has 2 atom stereocenters. The summed E-state index contributed by atoms with van der Waals surface area (Å²) in [5.74, 6) is 1.29. The van der Waals surface area contributed by atoms with E-state index in [1.54, 1.807) is 0 Å². The number of nitrogens with two attached hydrogens (primary N) is 1. The Kier molecular flexibility index (Phi) is 6.15. The fourth-order valence-corrected chi connectivity index (χ4v) is 2.98. The zero-order valence-corrected chi connectivity index (χ0v) is 13.8. The average molecular weight is 295 g/mol. The first kappa shape index (κ1) is 16.6. The fraction of sp³-hybridized carbons (Fsp3) is 0.667. The molecule has 112 valence electrons. The van der Waals surface area contributed by atoms with Crippen molar-refractivity contribution in [2.45, 2.75) is 59.6 Å². The number of ether oxygens (including phenoxy) is 1. The number of nitrogens with zero attached hydrogens (tertiary/aromatic N) is 1. The molecular formula is C15H25N3OS. The van der Waals surface area contributed by atoms with Crippen LogP contribution in [0.1, 0.15) is 52.3 Å². The van der Waals surface area contributed by atoms with Crippen LogP contribution in [0.5, 0.6) is 5.75 Å². The van der Waals surface area contributed by atoms with Crippen molar-refractivity contribution < 1.29 is 4.74 Å². The molecule has 0 saturated carbocycles. The van der Waals surface area contributed by atoms with E-state index in [2.05, 4.69) is 32.2 Å². The highest BCUT2D eigenvalue weighted by Gasteiger charge is 2.20. The molecule has 0 aromatic carbocycles. The SMILES string of the molecule is CCC(C)CC(C)Nc1sc(C#N)c(N)c1OC(C)C. The molecule has 1 aromatic heterocycles. The van der Waals surface area contributed by atoms with Crippen molar-refractivity contribution in [3.63, 3.8) is 0 Å². The highest BCUT2D eigenvalue weighted by atomic mass is 32.1. The Morgan fingerprint density at radius 2 is 2.00 bits per heavy atom. The molecule has 0 radical (unpaired) electrons. The number of rotatable bonds is 7. The van der Waals surface area contributed by atoms with Crippen LogP contribution in [0.15, 0.2) is 0 Å². The number of nitrogen functional groups attached to an aromatic ring is 1. The van der Waals surface area contributed by atoms with E-state index in [-0.39, 0.29) is 6.10 Å². The lowest BCUT2D eigenvalue weighted by molar-refractivity contribution is 0.245. The molecule has 5 heteroatoms. The lowest BCUT2D eigenvalue weighted by atomic mass is 10.0. The predicted octanol–water partition coefficient (Wildman–Crippen LogP) is 4.23. The third-order valence-corrected chi connectivity index (χ3v) is 4.21. The van der Waals surface area contributed by atoms with E-state index in [9.17, 15) is 0 Å². The normalized spacial score (nSPS) is 13.8. The first-order valence-corrected chi connectivity index (χ1v) is 7.96. The smallest absolute Gasteiger partial charge is 0.178 e. The monoisotopic (exact) mass is 295 g/mol. The van der Waals surface area contributed by atoms with E-state index >= 15 is 0 Å². The molecule has 2 unspecified atom stereocenters. The Bertz CT molecular complexity index is 476. The number of nitriles is 1. The van der Waals surface area contributed by atoms with Gasteiger partial charge in [-0.2, -0.15) is 5.26 Å². The van der Waals surface area contributed by atoms with Crippen LogP contribution in [0.4, 0.5) is 10.7 Å². The van der Waals surface area contributed by atoms with Gasteiger partial charge < -0.3 is 15.8 Å². The van der Waals surface area contributed by atoms with Crippen LogP contribution in [-0.4, -0.2) is 12.1 Å². The van der Waals surface area contributed by atoms with Gasteiger partial charge >= 0.3 is 0 Å². The van der Waals surface area contributed by atoms with E-state index in [4.69, 9.17) is 15.7 Å². The summed E-state index contributed by atoms with van der Waals surface area (Å²) in [7, 11) is 0. The zero-order chi connectivity index (χ0) is 15.3. The van der Waals surface area contributed by atoms with Crippen molar-refractivity contribution in [2.24, 2.45) is 5.92 Å². The molecule has 0 aliphatic heterocycles. The molecule has 0 spiro atoms. The van der Waals surface area contributed by atoms with E-state index in [1.807, 2.05) is 13.8 Å². The summed E-state index contributed by atoms with van der Waals surface area (Å²) in [5.41, 5.74) is 6.44. The Morgan fingerprint density at radius 3 is 2.50 bits per heavy atom. The zero-order valence-electron chi connectivity index (χ0n) is 13.0. The maximum atomic E-state index is 9.11. The van der Waals surface area contributed by atoms with Gasteiger partial charge in [-0.3, -0.25) is 0 Å². The standard InChI is InChI=1S/C15H25N3OS/c1-6-10(4)7-11(5)18-15-14(19-9(2)3)13(17)12(8-16)20-15/h9-11,18H,6-7,17H2,1-5H3. The Balaban J connectivity index is 2.90. The van der Waals surface area contributed by atoms with Gasteiger partial charge in [0.15, 0.2) is 5.75 Å². The molecule has 0 saturated heterocycles. The van der Waals surface area contributed by atoms with Gasteiger partial charge in [0.1, 0.15) is 21.6 Å². The summed E-state index contributed by atoms with van der Waals surface area (Å²) >= 11 is 1.37. The maximum absolute atomic E-state index is 9.11. The molecule has 1 rings (SSSR count). The van der Waals surface area contributed by atoms with Crippen LogP contribution in [0.25, 0.3) is 0 Å². The van der Waals surface area contributed by atoms with Crippen molar-refractivity contribution in [2.75, 3.05) is 11.1 Å². The Morgan fingerprint density at radius 1 is 1.35 bits per heavy atom.